The highest BCUT2D eigenvalue weighted by Gasteiger charge is 2.25. The van der Waals surface area contributed by atoms with Crippen LogP contribution in [0.3, 0.4) is 0 Å². The first kappa shape index (κ1) is 79.7. The second-order valence-corrected chi connectivity index (χ2v) is 15.7. The van der Waals surface area contributed by atoms with Crippen LogP contribution in [0.5, 0.6) is 0 Å². The zero-order valence-electron chi connectivity index (χ0n) is 47.5. The summed E-state index contributed by atoms with van der Waals surface area (Å²) in [4.78, 5) is 0. The molecule has 0 heterocycles. The van der Waals surface area contributed by atoms with E-state index in [4.69, 9.17) is 72.2 Å². The van der Waals surface area contributed by atoms with Gasteiger partial charge < -0.3 is 87.5 Å². The largest absolute Gasteiger partial charge is 0.368 e. The van der Waals surface area contributed by atoms with Crippen LogP contribution in [0.25, 0.3) is 0 Å². The van der Waals surface area contributed by atoms with E-state index in [1.165, 1.54) is 13.8 Å². The predicted octanol–water partition coefficient (Wildman–Crippen LogP) is 10.2. The lowest BCUT2D eigenvalue weighted by molar-refractivity contribution is -0.359. The van der Waals surface area contributed by atoms with Crippen molar-refractivity contribution in [3.05, 3.63) is 0 Å². The number of hydrogen-bond donors (Lipinski definition) is 6. The molecule has 0 aliphatic heterocycles. The zero-order chi connectivity index (χ0) is 54.4. The average molecular weight is 1020 g/mol. The fraction of sp³-hybridized carbons (Fsp3) is 1.00. The molecule has 0 aliphatic rings. The summed E-state index contributed by atoms with van der Waals surface area (Å²) in [6, 6.07) is 0. The van der Waals surface area contributed by atoms with Gasteiger partial charge in [0, 0.05) is 53.3 Å². The summed E-state index contributed by atoms with van der Waals surface area (Å²) in [6.07, 6.45) is 10.3. The van der Waals surface area contributed by atoms with Gasteiger partial charge in [-0.15, -0.1) is 0 Å². The lowest BCUT2D eigenvalue weighted by atomic mass is 10.3. The third-order valence-electron chi connectivity index (χ3n) is 8.34. The Morgan fingerprint density at radius 1 is 0.391 bits per heavy atom. The highest BCUT2D eigenvalue weighted by atomic mass is 16.8. The number of aliphatic hydroxyl groups is 6. The van der Waals surface area contributed by atoms with E-state index in [-0.39, 0.29) is 18.9 Å². The predicted molar refractivity (Wildman–Crippen MR) is 272 cm³/mol. The third kappa shape index (κ3) is 67.3. The van der Waals surface area contributed by atoms with Gasteiger partial charge in [-0.25, -0.2) is 0 Å². The first-order valence-corrected chi connectivity index (χ1v) is 26.4. The van der Waals surface area contributed by atoms with Crippen molar-refractivity contribution < 1.29 is 87.5 Å². The van der Waals surface area contributed by atoms with Crippen LogP contribution >= 0.6 is 0 Å². The van der Waals surface area contributed by atoms with E-state index in [0.29, 0.717) is 78.7 Å². The van der Waals surface area contributed by atoms with Crippen molar-refractivity contribution in [3.8, 4) is 0 Å². The molecule has 0 fully saturated rings. The molecule has 0 rings (SSSR count). The maximum absolute atomic E-state index is 9.51. The van der Waals surface area contributed by atoms with Crippen LogP contribution < -0.4 is 0 Å². The molecule has 426 valence electrons. The fourth-order valence-corrected chi connectivity index (χ4v) is 4.56. The summed E-state index contributed by atoms with van der Waals surface area (Å²) >= 11 is 0. The molecule has 0 saturated carbocycles. The van der Waals surface area contributed by atoms with Crippen molar-refractivity contribution in [1.82, 2.24) is 0 Å². The molecule has 6 N–H and O–H groups in total. The summed E-state index contributed by atoms with van der Waals surface area (Å²) in [7, 11) is 0. The Labute approximate surface area is 422 Å². The van der Waals surface area contributed by atoms with Crippen LogP contribution in [0, 0.1) is 0 Å². The van der Waals surface area contributed by atoms with Crippen molar-refractivity contribution in [3.63, 3.8) is 0 Å². The standard InChI is InChI=1S/C10H22O3.2C9H20O3.2C8H18O3.C7H16O3/c1-4-6-8-12-10(7-5-2)13-9(3)11;1-4-6-8-12-9(3,10)11-7-5-2;1-4-7-11-9(6-3)12-8(10)5-2;1-4-6-7-11-8(3,9)10-5-2;1-4-7-11-8(9,5-2)10-6-3;1-4-7(8)10-6(3)9-5-2/h9-11H,4-8H2,1-3H3;10H,4-8H2,1-3H3;8-10H,4-7H2,1-3H3;2*9H,4-7H2,1-3H3;6-8H,4-5H2,1-3H3. The van der Waals surface area contributed by atoms with E-state index >= 15 is 0 Å². The number of hydrogen-bond acceptors (Lipinski definition) is 18. The van der Waals surface area contributed by atoms with Gasteiger partial charge in [0.2, 0.25) is 0 Å². The zero-order valence-corrected chi connectivity index (χ0v) is 47.5. The van der Waals surface area contributed by atoms with E-state index in [0.717, 1.165) is 77.0 Å². The van der Waals surface area contributed by atoms with Crippen LogP contribution in [0.4, 0.5) is 0 Å². The molecule has 0 aromatic heterocycles. The minimum Gasteiger partial charge on any atom is -0.368 e. The highest BCUT2D eigenvalue weighted by Crippen LogP contribution is 2.14. The summed E-state index contributed by atoms with van der Waals surface area (Å²) in [6.45, 7) is 38.9. The maximum Gasteiger partial charge on any atom is 0.280 e. The van der Waals surface area contributed by atoms with Crippen LogP contribution in [0.15, 0.2) is 0 Å². The average Bonchev–Trinajstić information content (AvgIpc) is 3.30. The minimum atomic E-state index is -1.40. The Bertz CT molecular complexity index is 936. The molecule has 0 amide bonds. The van der Waals surface area contributed by atoms with E-state index < -0.39 is 36.8 Å². The van der Waals surface area contributed by atoms with Crippen LogP contribution in [-0.2, 0) is 56.8 Å². The molecular formula is C51H114O18. The SMILES string of the molecule is CCCCOC(C)(O)OCC.CCCCOC(C)(O)OCCC.CCCCOC(CCC)OC(C)O.CCCOC(CC)OC(O)CC.CCCOC(O)(CC)OCC.CCOC(C)OC(O)CC. The highest BCUT2D eigenvalue weighted by molar-refractivity contribution is 4.50. The quantitative estimate of drug-likeness (QED) is 0.0248. The molecule has 18 heteroatoms. The minimum absolute atomic E-state index is 0.239. The Morgan fingerprint density at radius 2 is 0.826 bits per heavy atom. The van der Waals surface area contributed by atoms with Gasteiger partial charge in [-0.1, -0.05) is 102 Å². The normalized spacial score (nSPS) is 16.2. The van der Waals surface area contributed by atoms with E-state index in [1.807, 2.05) is 69.2 Å². The van der Waals surface area contributed by atoms with Crippen LogP contribution in [-0.4, -0.2) is 146 Å². The molecule has 9 unspecified atom stereocenters. The molecule has 18 nitrogen and oxygen atoms in total. The topological polar surface area (TPSA) is 232 Å². The first-order chi connectivity index (χ1) is 32.6. The van der Waals surface area contributed by atoms with Gasteiger partial charge in [0.05, 0.1) is 26.4 Å². The van der Waals surface area contributed by atoms with Gasteiger partial charge >= 0.3 is 0 Å². The van der Waals surface area contributed by atoms with Gasteiger partial charge in [-0.05, 0) is 98.8 Å². The first-order valence-electron chi connectivity index (χ1n) is 26.4. The van der Waals surface area contributed by atoms with Gasteiger partial charge in [0.1, 0.15) is 0 Å². The number of unbranched alkanes of at least 4 members (excludes halogenated alkanes) is 3. The summed E-state index contributed by atoms with van der Waals surface area (Å²) in [5.41, 5.74) is 0. The second-order valence-electron chi connectivity index (χ2n) is 15.7. The molecule has 0 aromatic carbocycles. The van der Waals surface area contributed by atoms with Gasteiger partial charge in [0.25, 0.3) is 17.9 Å². The van der Waals surface area contributed by atoms with E-state index in [1.54, 1.807) is 13.8 Å². The molecule has 0 saturated heterocycles. The lowest BCUT2D eigenvalue weighted by Gasteiger charge is -2.25. The molecule has 0 aliphatic carbocycles. The summed E-state index contributed by atoms with van der Waals surface area (Å²) in [5.74, 6) is -4.15. The van der Waals surface area contributed by atoms with Crippen molar-refractivity contribution in [2.45, 2.75) is 277 Å². The van der Waals surface area contributed by atoms with Gasteiger partial charge in [0.15, 0.2) is 37.7 Å². The Hall–Kier alpha value is -0.720. The summed E-state index contributed by atoms with van der Waals surface area (Å²) < 4.78 is 61.4. The Kier molecular flexibility index (Phi) is 67.2. The van der Waals surface area contributed by atoms with Gasteiger partial charge in [-0.2, -0.15) is 0 Å². The van der Waals surface area contributed by atoms with Crippen molar-refractivity contribution in [2.75, 3.05) is 59.5 Å². The summed E-state index contributed by atoms with van der Waals surface area (Å²) in [5, 5.41) is 55.3. The van der Waals surface area contributed by atoms with Crippen molar-refractivity contribution in [1.29, 1.82) is 0 Å². The van der Waals surface area contributed by atoms with E-state index in [2.05, 4.69) is 27.7 Å². The molecular weight excluding hydrogens is 901 g/mol. The van der Waals surface area contributed by atoms with Crippen molar-refractivity contribution in [2.24, 2.45) is 0 Å². The lowest BCUT2D eigenvalue weighted by Crippen LogP contribution is -2.35. The smallest absolute Gasteiger partial charge is 0.280 e. The number of ether oxygens (including phenoxy) is 12. The van der Waals surface area contributed by atoms with E-state index in [9.17, 15) is 15.3 Å². The number of rotatable bonds is 39. The molecule has 0 aromatic rings. The monoisotopic (exact) mass is 1010 g/mol. The van der Waals surface area contributed by atoms with Crippen LogP contribution in [0.2, 0.25) is 0 Å². The molecule has 9 atom stereocenters. The van der Waals surface area contributed by atoms with Crippen LogP contribution in [0.1, 0.15) is 221 Å². The number of aliphatic hydroxyl groups excluding tert-OH is 3. The molecule has 69 heavy (non-hydrogen) atoms. The second kappa shape index (κ2) is 58.2. The fourth-order valence-electron chi connectivity index (χ4n) is 4.56. The Morgan fingerprint density at radius 3 is 1.22 bits per heavy atom. The molecule has 0 spiro atoms. The van der Waals surface area contributed by atoms with Crippen molar-refractivity contribution >= 4 is 0 Å². The maximum atomic E-state index is 9.51. The molecule has 0 bridgehead atoms. The Balaban J connectivity index is -0.000000173. The third-order valence-corrected chi connectivity index (χ3v) is 8.34. The molecule has 0 radical (unpaired) electrons. The van der Waals surface area contributed by atoms with Gasteiger partial charge in [-0.3, -0.25) is 0 Å².